The lowest BCUT2D eigenvalue weighted by molar-refractivity contribution is 1.19. The molecule has 0 saturated carbocycles. The lowest BCUT2D eigenvalue weighted by atomic mass is 9.91. The van der Waals surface area contributed by atoms with Crippen LogP contribution in [0.15, 0.2) is 110 Å². The van der Waals surface area contributed by atoms with E-state index in [9.17, 15) is 0 Å². The second-order valence-electron chi connectivity index (χ2n) is 9.16. The molecule has 0 unspecified atom stereocenters. The molecule has 3 aromatic heterocycles. The summed E-state index contributed by atoms with van der Waals surface area (Å²) < 4.78 is 0. The van der Waals surface area contributed by atoms with Crippen LogP contribution in [0.1, 0.15) is 0 Å². The highest BCUT2D eigenvalue weighted by molar-refractivity contribution is 6.25. The molecule has 0 aliphatic heterocycles. The van der Waals surface area contributed by atoms with Crippen molar-refractivity contribution in [2.75, 3.05) is 0 Å². The Bertz CT molecular complexity index is 2080. The second-order valence-corrected chi connectivity index (χ2v) is 9.16. The molecule has 0 fully saturated rings. The summed E-state index contributed by atoms with van der Waals surface area (Å²) in [5.74, 6) is 0. The van der Waals surface area contributed by atoms with Gasteiger partial charge in [0.1, 0.15) is 5.69 Å². The highest BCUT2D eigenvalue weighted by Gasteiger charge is 2.13. The minimum absolute atomic E-state index is 0.742. The van der Waals surface area contributed by atoms with Crippen molar-refractivity contribution in [3.8, 4) is 22.6 Å². The second kappa shape index (κ2) is 7.27. The van der Waals surface area contributed by atoms with Crippen LogP contribution in [-0.2, 0) is 0 Å². The molecule has 5 aromatic carbocycles. The normalized spacial score (nSPS) is 11.9. The molecule has 0 N–H and O–H groups in total. The third-order valence-electron chi connectivity index (χ3n) is 7.15. The smallest absolute Gasteiger partial charge is 0.107 e. The van der Waals surface area contributed by atoms with Crippen LogP contribution < -0.4 is 0 Å². The summed E-state index contributed by atoms with van der Waals surface area (Å²) in [5.41, 5.74) is 5.24. The molecule has 0 aliphatic rings. The fraction of sp³-hybridized carbons (Fsp3) is 0. The Morgan fingerprint density at radius 1 is 0.417 bits per heavy atom. The van der Waals surface area contributed by atoms with E-state index in [0.29, 0.717) is 0 Å². The molecule has 0 spiro atoms. The van der Waals surface area contributed by atoms with Crippen LogP contribution >= 0.6 is 0 Å². The molecule has 0 bridgehead atoms. The molecule has 4 heteroatoms. The average Bonchev–Trinajstić information content (AvgIpc) is 2.95. The third kappa shape index (κ3) is 2.75. The van der Waals surface area contributed by atoms with Gasteiger partial charge in [-0.2, -0.15) is 0 Å². The van der Waals surface area contributed by atoms with Crippen molar-refractivity contribution in [1.29, 1.82) is 0 Å². The van der Waals surface area contributed by atoms with Crippen molar-refractivity contribution in [1.82, 2.24) is 19.9 Å². The summed E-state index contributed by atoms with van der Waals surface area (Å²) in [6.45, 7) is 0. The predicted molar refractivity (Wildman–Crippen MR) is 147 cm³/mol. The molecule has 8 rings (SSSR count). The Kier molecular flexibility index (Phi) is 3.91. The maximum Gasteiger partial charge on any atom is 0.107 e. The lowest BCUT2D eigenvalue weighted by Crippen LogP contribution is -1.94. The van der Waals surface area contributed by atoms with Gasteiger partial charge in [0.05, 0.1) is 34.8 Å². The number of hydrogen-bond acceptors (Lipinski definition) is 4. The zero-order valence-electron chi connectivity index (χ0n) is 19.2. The quantitative estimate of drug-likeness (QED) is 0.248. The van der Waals surface area contributed by atoms with E-state index in [-0.39, 0.29) is 0 Å². The summed E-state index contributed by atoms with van der Waals surface area (Å²) in [4.78, 5) is 19.1. The van der Waals surface area contributed by atoms with Gasteiger partial charge in [-0.15, -0.1) is 0 Å². The molecule has 3 heterocycles. The first-order chi connectivity index (χ1) is 17.8. The van der Waals surface area contributed by atoms with Gasteiger partial charge in [0.2, 0.25) is 0 Å². The predicted octanol–water partition coefficient (Wildman–Crippen LogP) is 7.80. The molecule has 0 saturated heterocycles. The number of aromatic nitrogens is 4. The standard InChI is InChI=1S/C32H18N4/c1-3-19-6-7-21-10-13-24(25-14-11-20(4-1)29(19)30(21)25)27-17-35-28(18-34-27)26-15-12-23-9-8-22-5-2-16-33-31(22)32(23)36-26/h1-18H. The summed E-state index contributed by atoms with van der Waals surface area (Å²) in [5, 5.41) is 9.67. The first-order valence-corrected chi connectivity index (χ1v) is 12.0. The fourth-order valence-electron chi connectivity index (χ4n) is 5.42. The third-order valence-corrected chi connectivity index (χ3v) is 7.15. The van der Waals surface area contributed by atoms with Crippen LogP contribution in [0.25, 0.3) is 76.8 Å². The summed E-state index contributed by atoms with van der Waals surface area (Å²) in [6, 6.07) is 31.9. The van der Waals surface area contributed by atoms with Gasteiger partial charge in [-0.3, -0.25) is 15.0 Å². The van der Waals surface area contributed by atoms with E-state index < -0.39 is 0 Å². The summed E-state index contributed by atoms with van der Waals surface area (Å²) >= 11 is 0. The Hall–Kier alpha value is -4.96. The minimum atomic E-state index is 0.742. The molecule has 0 atom stereocenters. The van der Waals surface area contributed by atoms with Gasteiger partial charge in [-0.1, -0.05) is 78.9 Å². The van der Waals surface area contributed by atoms with Crippen LogP contribution in [0.4, 0.5) is 0 Å². The molecule has 0 amide bonds. The van der Waals surface area contributed by atoms with Crippen molar-refractivity contribution in [3.63, 3.8) is 0 Å². The van der Waals surface area contributed by atoms with Crippen LogP contribution in [0.2, 0.25) is 0 Å². The van der Waals surface area contributed by atoms with E-state index in [1.54, 1.807) is 6.20 Å². The monoisotopic (exact) mass is 458 g/mol. The first-order valence-electron chi connectivity index (χ1n) is 12.0. The number of nitrogens with zero attached hydrogens (tertiary/aromatic N) is 4. The maximum absolute atomic E-state index is 4.92. The Balaban J connectivity index is 1.27. The number of pyridine rings is 2. The van der Waals surface area contributed by atoms with Gasteiger partial charge in [-0.05, 0) is 44.5 Å². The van der Waals surface area contributed by atoms with Gasteiger partial charge in [0.15, 0.2) is 0 Å². The van der Waals surface area contributed by atoms with Crippen LogP contribution in [0.5, 0.6) is 0 Å². The first kappa shape index (κ1) is 19.4. The van der Waals surface area contributed by atoms with Gasteiger partial charge in [0, 0.05) is 22.5 Å². The number of hydrogen-bond donors (Lipinski definition) is 0. The topological polar surface area (TPSA) is 51.6 Å². The molecule has 36 heavy (non-hydrogen) atoms. The van der Waals surface area contributed by atoms with E-state index in [0.717, 1.165) is 44.5 Å². The highest BCUT2D eigenvalue weighted by atomic mass is 14.8. The minimum Gasteiger partial charge on any atom is -0.254 e. The van der Waals surface area contributed by atoms with Crippen LogP contribution in [-0.4, -0.2) is 19.9 Å². The molecule has 4 nitrogen and oxygen atoms in total. The fourth-order valence-corrected chi connectivity index (χ4v) is 5.42. The molecular weight excluding hydrogens is 440 g/mol. The largest absolute Gasteiger partial charge is 0.254 e. The van der Waals surface area contributed by atoms with E-state index >= 15 is 0 Å². The molecule has 166 valence electrons. The maximum atomic E-state index is 4.92. The Morgan fingerprint density at radius 3 is 1.89 bits per heavy atom. The van der Waals surface area contributed by atoms with E-state index in [1.807, 2.05) is 24.5 Å². The molecule has 0 aliphatic carbocycles. The van der Waals surface area contributed by atoms with Crippen molar-refractivity contribution in [2.24, 2.45) is 0 Å². The number of fused-ring (bicyclic) bond motifs is 3. The van der Waals surface area contributed by atoms with Crippen LogP contribution in [0, 0.1) is 0 Å². The van der Waals surface area contributed by atoms with Crippen LogP contribution in [0.3, 0.4) is 0 Å². The summed E-state index contributed by atoms with van der Waals surface area (Å²) in [7, 11) is 0. The van der Waals surface area contributed by atoms with Gasteiger partial charge in [-0.25, -0.2) is 4.98 Å². The Morgan fingerprint density at radius 2 is 1.06 bits per heavy atom. The molecular formula is C32H18N4. The molecule has 8 aromatic rings. The zero-order valence-corrected chi connectivity index (χ0v) is 19.2. The Labute approximate surface area is 206 Å². The number of rotatable bonds is 2. The summed E-state index contributed by atoms with van der Waals surface area (Å²) in [6.07, 6.45) is 5.48. The van der Waals surface area contributed by atoms with E-state index in [4.69, 9.17) is 15.0 Å². The van der Waals surface area contributed by atoms with Gasteiger partial charge >= 0.3 is 0 Å². The zero-order chi connectivity index (χ0) is 23.6. The lowest BCUT2D eigenvalue weighted by Gasteiger charge is -2.13. The molecule has 0 radical (unpaired) electrons. The SMILES string of the molecule is c1cnc2c(c1)ccc1ccc(-c3cnc(-c4ccc5ccc6cccc7ccc4c5c67)cn3)nc12. The highest BCUT2D eigenvalue weighted by Crippen LogP contribution is 2.38. The number of benzene rings is 5. The van der Waals surface area contributed by atoms with Crippen molar-refractivity contribution in [2.45, 2.75) is 0 Å². The van der Waals surface area contributed by atoms with E-state index in [1.165, 1.54) is 32.3 Å². The van der Waals surface area contributed by atoms with Gasteiger partial charge in [0.25, 0.3) is 0 Å². The van der Waals surface area contributed by atoms with Crippen molar-refractivity contribution < 1.29 is 0 Å². The van der Waals surface area contributed by atoms with Gasteiger partial charge < -0.3 is 0 Å². The van der Waals surface area contributed by atoms with Crippen molar-refractivity contribution in [3.05, 3.63) is 110 Å². The van der Waals surface area contributed by atoms with Crippen molar-refractivity contribution >= 4 is 54.1 Å². The van der Waals surface area contributed by atoms with E-state index in [2.05, 4.69) is 83.8 Å². The average molecular weight is 459 g/mol.